The molecular weight excluding hydrogens is 582 g/mol. The van der Waals surface area contributed by atoms with Gasteiger partial charge in [0.2, 0.25) is 5.95 Å². The molecule has 45 heavy (non-hydrogen) atoms. The minimum absolute atomic E-state index is 0.0652. The lowest BCUT2D eigenvalue weighted by Gasteiger charge is -2.20. The normalized spacial score (nSPS) is 13.4. The van der Waals surface area contributed by atoms with Gasteiger partial charge in [0.05, 0.1) is 41.6 Å². The molecule has 2 N–H and O–H groups in total. The number of alkyl carbamates (subject to hydrolysis) is 1. The summed E-state index contributed by atoms with van der Waals surface area (Å²) in [6, 6.07) is 11.2. The Bertz CT molecular complexity index is 1520. The van der Waals surface area contributed by atoms with Crippen LogP contribution in [0.1, 0.15) is 62.9 Å². The maximum absolute atomic E-state index is 11.9. The molecule has 13 nitrogen and oxygen atoms in total. The van der Waals surface area contributed by atoms with Crippen LogP contribution in [-0.4, -0.2) is 58.9 Å². The second-order valence-electron chi connectivity index (χ2n) is 11.8. The molecule has 1 unspecified atom stereocenters. The summed E-state index contributed by atoms with van der Waals surface area (Å²) in [5.41, 5.74) is 1.31. The quantitative estimate of drug-likeness (QED) is 0.120. The van der Waals surface area contributed by atoms with Crippen LogP contribution in [0.4, 0.5) is 22.1 Å². The van der Waals surface area contributed by atoms with Gasteiger partial charge in [0.15, 0.2) is 0 Å². The van der Waals surface area contributed by atoms with E-state index in [1.807, 2.05) is 45.9 Å². The Balaban J connectivity index is 1.42. The highest BCUT2D eigenvalue weighted by Gasteiger charge is 2.25. The number of rotatable bonds is 14. The molecule has 0 radical (unpaired) electrons. The van der Waals surface area contributed by atoms with Crippen LogP contribution < -0.4 is 15.4 Å². The highest BCUT2D eigenvalue weighted by atomic mass is 16.6. The Morgan fingerprint density at radius 1 is 1.13 bits per heavy atom. The van der Waals surface area contributed by atoms with Crippen LogP contribution in [0.3, 0.4) is 0 Å². The Morgan fingerprint density at radius 3 is 2.60 bits per heavy atom. The maximum Gasteiger partial charge on any atom is 0.407 e. The van der Waals surface area contributed by atoms with Crippen LogP contribution >= 0.6 is 0 Å². The van der Waals surface area contributed by atoms with Gasteiger partial charge in [-0.2, -0.15) is 0 Å². The number of carbonyl (C=O) groups is 2. The van der Waals surface area contributed by atoms with E-state index in [1.54, 1.807) is 6.07 Å². The summed E-state index contributed by atoms with van der Waals surface area (Å²) in [6.45, 7) is 8.78. The van der Waals surface area contributed by atoms with Crippen LogP contribution in [-0.2, 0) is 20.8 Å². The number of nitrogens with one attached hydrogen (secondary N) is 2. The van der Waals surface area contributed by atoms with E-state index in [2.05, 4.69) is 25.3 Å². The summed E-state index contributed by atoms with van der Waals surface area (Å²) in [6.07, 6.45) is 4.00. The number of hydrogen-bond acceptors (Lipinski definition) is 11. The average molecular weight is 622 g/mol. The fraction of sp³-hybridized carbons (Fsp3) is 0.438. The van der Waals surface area contributed by atoms with E-state index in [0.717, 1.165) is 30.6 Å². The van der Waals surface area contributed by atoms with E-state index in [-0.39, 0.29) is 34.8 Å². The predicted octanol–water partition coefficient (Wildman–Crippen LogP) is 6.19. The number of methoxy groups -OCH3 is 1. The SMILES string of the molecule is COC(=O)c1ccc(-c2ccnc(Nc3ccc(OC4CC4)c(COCC(C)CCNC(=O)OC(C)(C)C)c3)n2)c([N+](=O)[O-])c1. The van der Waals surface area contributed by atoms with Crippen molar-refractivity contribution in [3.63, 3.8) is 0 Å². The third-order valence-electron chi connectivity index (χ3n) is 6.65. The van der Waals surface area contributed by atoms with Crippen molar-refractivity contribution in [1.29, 1.82) is 0 Å². The Morgan fingerprint density at radius 2 is 1.91 bits per heavy atom. The summed E-state index contributed by atoms with van der Waals surface area (Å²) < 4.78 is 22.1. The van der Waals surface area contributed by atoms with Crippen molar-refractivity contribution in [2.75, 3.05) is 25.6 Å². The lowest BCUT2D eigenvalue weighted by molar-refractivity contribution is -0.384. The van der Waals surface area contributed by atoms with Crippen LogP contribution in [0.5, 0.6) is 5.75 Å². The fourth-order valence-electron chi connectivity index (χ4n) is 4.28. The maximum atomic E-state index is 11.9. The number of benzene rings is 2. The number of anilines is 2. The van der Waals surface area contributed by atoms with Gasteiger partial charge in [0.25, 0.3) is 5.69 Å². The molecule has 13 heteroatoms. The van der Waals surface area contributed by atoms with Gasteiger partial charge in [-0.1, -0.05) is 6.92 Å². The Hall–Kier alpha value is -4.78. The summed E-state index contributed by atoms with van der Waals surface area (Å²) in [5, 5.41) is 17.7. The number of aromatic nitrogens is 2. The Kier molecular flexibility index (Phi) is 10.9. The highest BCUT2D eigenvalue weighted by molar-refractivity contribution is 5.91. The molecule has 3 aromatic rings. The van der Waals surface area contributed by atoms with Crippen molar-refractivity contribution >= 4 is 29.4 Å². The molecule has 2 aromatic carbocycles. The molecule has 4 rings (SSSR count). The largest absolute Gasteiger partial charge is 0.490 e. The molecule has 1 aliphatic rings. The second kappa shape index (κ2) is 14.8. The van der Waals surface area contributed by atoms with Gasteiger partial charge in [-0.05, 0) is 82.3 Å². The summed E-state index contributed by atoms with van der Waals surface area (Å²) in [5.74, 6) is 0.482. The molecule has 1 fully saturated rings. The molecule has 0 aliphatic heterocycles. The number of ether oxygens (including phenoxy) is 4. The van der Waals surface area contributed by atoms with E-state index in [4.69, 9.17) is 14.2 Å². The van der Waals surface area contributed by atoms with E-state index in [1.165, 1.54) is 31.5 Å². The van der Waals surface area contributed by atoms with Crippen molar-refractivity contribution in [2.24, 2.45) is 5.92 Å². The first-order chi connectivity index (χ1) is 21.4. The smallest absolute Gasteiger partial charge is 0.407 e. The van der Waals surface area contributed by atoms with E-state index in [9.17, 15) is 19.7 Å². The topological polar surface area (TPSA) is 164 Å². The van der Waals surface area contributed by atoms with Crippen molar-refractivity contribution < 1.29 is 33.5 Å². The number of amides is 1. The minimum Gasteiger partial charge on any atom is -0.490 e. The molecule has 240 valence electrons. The molecule has 1 aromatic heterocycles. The average Bonchev–Trinajstić information content (AvgIpc) is 3.81. The van der Waals surface area contributed by atoms with E-state index in [0.29, 0.717) is 31.1 Å². The van der Waals surface area contributed by atoms with Gasteiger partial charge in [-0.3, -0.25) is 10.1 Å². The lowest BCUT2D eigenvalue weighted by Crippen LogP contribution is -2.33. The lowest BCUT2D eigenvalue weighted by atomic mass is 10.1. The van der Waals surface area contributed by atoms with Crippen molar-refractivity contribution in [3.8, 4) is 17.0 Å². The molecule has 1 amide bonds. The zero-order valence-electron chi connectivity index (χ0n) is 26.1. The first kappa shape index (κ1) is 33.1. The summed E-state index contributed by atoms with van der Waals surface area (Å²) in [7, 11) is 1.21. The number of nitro groups is 1. The van der Waals surface area contributed by atoms with Crippen LogP contribution in [0.15, 0.2) is 48.7 Å². The first-order valence-corrected chi connectivity index (χ1v) is 14.7. The Labute approximate surface area is 261 Å². The number of nitrogens with zero attached hydrogens (tertiary/aromatic N) is 3. The van der Waals surface area contributed by atoms with E-state index < -0.39 is 22.6 Å². The number of carbonyl (C=O) groups excluding carboxylic acids is 2. The van der Waals surface area contributed by atoms with Crippen LogP contribution in [0, 0.1) is 16.0 Å². The zero-order chi connectivity index (χ0) is 32.6. The molecule has 0 saturated heterocycles. The van der Waals surface area contributed by atoms with Gasteiger partial charge >= 0.3 is 12.1 Å². The third-order valence-corrected chi connectivity index (χ3v) is 6.65. The zero-order valence-corrected chi connectivity index (χ0v) is 26.1. The number of esters is 1. The monoisotopic (exact) mass is 621 g/mol. The van der Waals surface area contributed by atoms with E-state index >= 15 is 0 Å². The second-order valence-corrected chi connectivity index (χ2v) is 11.8. The van der Waals surface area contributed by atoms with Crippen LogP contribution in [0.25, 0.3) is 11.3 Å². The third kappa shape index (κ3) is 10.1. The van der Waals surface area contributed by atoms with Crippen molar-refractivity contribution in [1.82, 2.24) is 15.3 Å². The molecule has 1 saturated carbocycles. The molecule has 1 atom stereocenters. The molecule has 0 bridgehead atoms. The van der Waals surface area contributed by atoms with Gasteiger partial charge < -0.3 is 29.6 Å². The van der Waals surface area contributed by atoms with Gasteiger partial charge in [-0.15, -0.1) is 0 Å². The molecular formula is C32H39N5O8. The fourth-order valence-corrected chi connectivity index (χ4v) is 4.28. The van der Waals surface area contributed by atoms with Crippen LogP contribution in [0.2, 0.25) is 0 Å². The molecule has 1 aliphatic carbocycles. The summed E-state index contributed by atoms with van der Waals surface area (Å²) >= 11 is 0. The van der Waals surface area contributed by atoms with Crippen molar-refractivity contribution in [3.05, 3.63) is 69.9 Å². The van der Waals surface area contributed by atoms with Gasteiger partial charge in [0.1, 0.15) is 11.4 Å². The number of nitro benzene ring substituents is 1. The first-order valence-electron chi connectivity index (χ1n) is 14.7. The number of hydrogen-bond donors (Lipinski definition) is 2. The molecule has 0 spiro atoms. The molecule has 1 heterocycles. The van der Waals surface area contributed by atoms with Gasteiger partial charge in [0, 0.05) is 36.7 Å². The summed E-state index contributed by atoms with van der Waals surface area (Å²) in [4.78, 5) is 43.8. The van der Waals surface area contributed by atoms with Crippen molar-refractivity contribution in [2.45, 2.75) is 65.3 Å². The predicted molar refractivity (Wildman–Crippen MR) is 167 cm³/mol. The minimum atomic E-state index is -0.673. The van der Waals surface area contributed by atoms with Gasteiger partial charge in [-0.25, -0.2) is 19.6 Å². The standard InChI is InChI=1S/C32H39N5O8/c1-20(12-14-34-31(39)45-32(2,3)4)18-43-19-22-16-23(7-11-28(22)44-24-8-9-24)35-30-33-15-13-26(36-30)25-10-6-21(29(38)42-5)17-27(25)37(40)41/h6-7,10-11,13,15-17,20,24H,8-9,12,14,18-19H2,1-5H3,(H,34,39)(H,33,35,36). The highest BCUT2D eigenvalue weighted by Crippen LogP contribution is 2.33.